The molecule has 0 aromatic rings. The van der Waals surface area contributed by atoms with Gasteiger partial charge >= 0.3 is 43.7 Å². The molecule has 0 aromatic carbocycles. The molecular formula is C33H68CaO2. The second kappa shape index (κ2) is 35.7. The number of carboxylic acids is 1. The molecule has 0 amide bonds. The third-order valence-corrected chi connectivity index (χ3v) is 7.74. The standard InChI is InChI=1S/C33H66O2.Ca.2H/c1-2-3-4-5-6-7-8-9-10-11-12-13-14-15-16-17-18-19-20-21-22-23-24-25-26-27-28-29-30-31-32-33(34)35;;;/h2-32H2,1H3,(H,34,35);;;/q;+2;2*-1. The molecule has 0 unspecified atom stereocenters. The predicted molar refractivity (Wildman–Crippen MR) is 164 cm³/mol. The maximum Gasteiger partial charge on any atom is 2.00 e. The van der Waals surface area contributed by atoms with E-state index in [1.54, 1.807) is 0 Å². The summed E-state index contributed by atoms with van der Waals surface area (Å²) in [6, 6.07) is 0. The van der Waals surface area contributed by atoms with Crippen molar-refractivity contribution < 1.29 is 12.8 Å². The summed E-state index contributed by atoms with van der Waals surface area (Å²) in [6.07, 6.45) is 42.4. The quantitative estimate of drug-likeness (QED) is 0.0706. The Labute approximate surface area is 260 Å². The van der Waals surface area contributed by atoms with Gasteiger partial charge < -0.3 is 7.96 Å². The minimum absolute atomic E-state index is 0. The van der Waals surface area contributed by atoms with Crippen LogP contribution in [0, 0.1) is 0 Å². The van der Waals surface area contributed by atoms with E-state index in [4.69, 9.17) is 5.11 Å². The molecule has 0 bridgehead atoms. The van der Waals surface area contributed by atoms with Crippen molar-refractivity contribution in [3.05, 3.63) is 0 Å². The van der Waals surface area contributed by atoms with Crippen LogP contribution in [0.4, 0.5) is 0 Å². The van der Waals surface area contributed by atoms with E-state index >= 15 is 0 Å². The van der Waals surface area contributed by atoms with E-state index in [-0.39, 0.29) is 40.6 Å². The second-order valence-corrected chi connectivity index (χ2v) is 11.4. The summed E-state index contributed by atoms with van der Waals surface area (Å²) in [5.74, 6) is -0.648. The molecule has 0 saturated heterocycles. The van der Waals surface area contributed by atoms with Crippen LogP contribution >= 0.6 is 0 Å². The normalized spacial score (nSPS) is 11.0. The third kappa shape index (κ3) is 36.9. The number of aliphatic carboxylic acids is 1. The van der Waals surface area contributed by atoms with Gasteiger partial charge in [-0.1, -0.05) is 193 Å². The fourth-order valence-electron chi connectivity index (χ4n) is 5.30. The van der Waals surface area contributed by atoms with Crippen molar-refractivity contribution in [1.29, 1.82) is 0 Å². The molecule has 0 atom stereocenters. The molecule has 0 fully saturated rings. The zero-order chi connectivity index (χ0) is 25.5. The van der Waals surface area contributed by atoms with Crippen LogP contribution in [0.2, 0.25) is 0 Å². The molecule has 3 heteroatoms. The van der Waals surface area contributed by atoms with E-state index in [0.29, 0.717) is 6.42 Å². The Kier molecular flexibility index (Phi) is 38.6. The van der Waals surface area contributed by atoms with Crippen molar-refractivity contribution in [2.75, 3.05) is 0 Å². The number of hydrogen-bond donors (Lipinski definition) is 1. The average molecular weight is 537 g/mol. The van der Waals surface area contributed by atoms with Gasteiger partial charge in [-0.15, -0.1) is 0 Å². The smallest absolute Gasteiger partial charge is 1.00 e. The van der Waals surface area contributed by atoms with Crippen LogP contribution in [-0.4, -0.2) is 48.8 Å². The first-order valence-electron chi connectivity index (χ1n) is 16.5. The minimum atomic E-state index is -0.648. The van der Waals surface area contributed by atoms with Gasteiger partial charge in [-0.2, -0.15) is 0 Å². The van der Waals surface area contributed by atoms with Gasteiger partial charge in [0.25, 0.3) is 0 Å². The molecule has 1 N–H and O–H groups in total. The third-order valence-electron chi connectivity index (χ3n) is 7.74. The van der Waals surface area contributed by atoms with Gasteiger partial charge in [0.2, 0.25) is 0 Å². The van der Waals surface area contributed by atoms with Gasteiger partial charge in [-0.3, -0.25) is 4.79 Å². The Morgan fingerprint density at radius 2 is 0.556 bits per heavy atom. The molecule has 0 spiro atoms. The van der Waals surface area contributed by atoms with E-state index in [9.17, 15) is 4.79 Å². The summed E-state index contributed by atoms with van der Waals surface area (Å²) >= 11 is 0. The van der Waals surface area contributed by atoms with Crippen molar-refractivity contribution >= 4 is 43.7 Å². The molecule has 0 aliphatic carbocycles. The van der Waals surface area contributed by atoms with Crippen LogP contribution in [0.15, 0.2) is 0 Å². The Hall–Kier alpha value is 0.730. The van der Waals surface area contributed by atoms with Crippen LogP contribution in [0.25, 0.3) is 0 Å². The first kappa shape index (κ1) is 38.9. The van der Waals surface area contributed by atoms with Crippen LogP contribution < -0.4 is 0 Å². The predicted octanol–water partition coefficient (Wildman–Crippen LogP) is 12.0. The molecule has 0 heterocycles. The zero-order valence-electron chi connectivity index (χ0n) is 27.0. The fraction of sp³-hybridized carbons (Fsp3) is 0.970. The Bertz CT molecular complexity index is 410. The molecule has 214 valence electrons. The number of carbonyl (C=O) groups is 1. The van der Waals surface area contributed by atoms with E-state index < -0.39 is 5.97 Å². The summed E-state index contributed by atoms with van der Waals surface area (Å²) < 4.78 is 0. The van der Waals surface area contributed by atoms with Gasteiger partial charge in [-0.25, -0.2) is 0 Å². The maximum absolute atomic E-state index is 10.5. The Morgan fingerprint density at radius 3 is 0.722 bits per heavy atom. The monoisotopic (exact) mass is 536 g/mol. The SMILES string of the molecule is CCCCCCCCCCCCCCCCCCCCCCCCCCCCCCCCC(=O)O.[Ca+2].[H-].[H-]. The van der Waals surface area contributed by atoms with E-state index in [2.05, 4.69) is 6.92 Å². The molecule has 0 aliphatic rings. The maximum atomic E-state index is 10.5. The molecule has 36 heavy (non-hydrogen) atoms. The van der Waals surface area contributed by atoms with Crippen LogP contribution in [0.3, 0.4) is 0 Å². The van der Waals surface area contributed by atoms with Crippen molar-refractivity contribution in [3.8, 4) is 0 Å². The molecule has 0 saturated carbocycles. The molecular weight excluding hydrogens is 468 g/mol. The van der Waals surface area contributed by atoms with Gasteiger partial charge in [0, 0.05) is 6.42 Å². The summed E-state index contributed by atoms with van der Waals surface area (Å²) in [4.78, 5) is 10.5. The topological polar surface area (TPSA) is 37.3 Å². The fourth-order valence-corrected chi connectivity index (χ4v) is 5.30. The van der Waals surface area contributed by atoms with Crippen LogP contribution in [0.5, 0.6) is 0 Å². The second-order valence-electron chi connectivity index (χ2n) is 11.4. The van der Waals surface area contributed by atoms with Crippen LogP contribution in [0.1, 0.15) is 209 Å². The first-order valence-corrected chi connectivity index (χ1v) is 16.5. The van der Waals surface area contributed by atoms with E-state index in [1.807, 2.05) is 0 Å². The van der Waals surface area contributed by atoms with Gasteiger partial charge in [0.1, 0.15) is 0 Å². The van der Waals surface area contributed by atoms with Crippen molar-refractivity contribution in [2.45, 2.75) is 206 Å². The van der Waals surface area contributed by atoms with Crippen molar-refractivity contribution in [3.63, 3.8) is 0 Å². The average Bonchev–Trinajstić information content (AvgIpc) is 2.85. The van der Waals surface area contributed by atoms with Gasteiger partial charge in [-0.05, 0) is 6.42 Å². The molecule has 0 rings (SSSR count). The number of hydrogen-bond acceptors (Lipinski definition) is 1. The largest absolute Gasteiger partial charge is 2.00 e. The van der Waals surface area contributed by atoms with Gasteiger partial charge in [0.15, 0.2) is 0 Å². The van der Waals surface area contributed by atoms with Crippen molar-refractivity contribution in [1.82, 2.24) is 0 Å². The Morgan fingerprint density at radius 1 is 0.389 bits per heavy atom. The molecule has 0 aromatic heterocycles. The molecule has 0 aliphatic heterocycles. The zero-order valence-corrected chi connectivity index (χ0v) is 27.2. The first-order chi connectivity index (χ1) is 17.3. The Balaban J connectivity index is -0.00000193. The number of rotatable bonds is 31. The number of unbranched alkanes of at least 4 members (excludes halogenated alkanes) is 29. The van der Waals surface area contributed by atoms with Crippen molar-refractivity contribution in [2.24, 2.45) is 0 Å². The minimum Gasteiger partial charge on any atom is -1.00 e. The summed E-state index contributed by atoms with van der Waals surface area (Å²) in [6.45, 7) is 2.30. The van der Waals surface area contributed by atoms with Gasteiger partial charge in [0.05, 0.1) is 0 Å². The summed E-state index contributed by atoms with van der Waals surface area (Å²) in [5.41, 5.74) is 0. The summed E-state index contributed by atoms with van der Waals surface area (Å²) in [5, 5.41) is 8.62. The van der Waals surface area contributed by atoms with E-state index in [0.717, 1.165) is 12.8 Å². The molecule has 0 radical (unpaired) electrons. The van der Waals surface area contributed by atoms with E-state index in [1.165, 1.54) is 180 Å². The molecule has 2 nitrogen and oxygen atoms in total. The summed E-state index contributed by atoms with van der Waals surface area (Å²) in [7, 11) is 0. The van der Waals surface area contributed by atoms with Crippen LogP contribution in [-0.2, 0) is 4.79 Å². The number of carboxylic acid groups (broad SMARTS) is 1.